The number of benzene rings is 1. The standard InChI is InChI=1S/C20H21NO4S/c1-13-12-15-6-3-4-7-16(15)21(13)20(24)14(2)25-19(23)10-9-17(22)18-8-5-11-26-18/h3-8,11,13-14H,9-10,12H2,1-2H3/t13-,14+/m0/s1. The number of carbonyl (C=O) groups excluding carboxylic acids is 3. The second-order valence-corrected chi connectivity index (χ2v) is 7.37. The first-order valence-corrected chi connectivity index (χ1v) is 9.52. The molecule has 2 heterocycles. The number of ether oxygens (including phenoxy) is 1. The van der Waals surface area contributed by atoms with Crippen LogP contribution in [0.4, 0.5) is 5.69 Å². The number of nitrogens with zero attached hydrogens (tertiary/aromatic N) is 1. The fourth-order valence-corrected chi connectivity index (χ4v) is 3.87. The Morgan fingerprint density at radius 3 is 2.69 bits per heavy atom. The van der Waals surface area contributed by atoms with Crippen LogP contribution in [0.5, 0.6) is 0 Å². The Kier molecular flexibility index (Phi) is 5.52. The van der Waals surface area contributed by atoms with Crippen LogP contribution in [0.1, 0.15) is 41.9 Å². The fraction of sp³-hybridized carbons (Fsp3) is 0.350. The lowest BCUT2D eigenvalue weighted by molar-refractivity contribution is -0.153. The summed E-state index contributed by atoms with van der Waals surface area (Å²) in [6.45, 7) is 3.56. The average Bonchev–Trinajstić information content (AvgIpc) is 3.26. The Morgan fingerprint density at radius 1 is 1.19 bits per heavy atom. The highest BCUT2D eigenvalue weighted by molar-refractivity contribution is 7.12. The van der Waals surface area contributed by atoms with E-state index in [1.165, 1.54) is 11.3 Å². The van der Waals surface area contributed by atoms with Crippen LogP contribution >= 0.6 is 11.3 Å². The minimum Gasteiger partial charge on any atom is -0.453 e. The summed E-state index contributed by atoms with van der Waals surface area (Å²) < 4.78 is 5.28. The van der Waals surface area contributed by atoms with Crippen molar-refractivity contribution in [1.82, 2.24) is 0 Å². The summed E-state index contributed by atoms with van der Waals surface area (Å²) in [5.74, 6) is -0.853. The number of hydrogen-bond donors (Lipinski definition) is 0. The highest BCUT2D eigenvalue weighted by atomic mass is 32.1. The van der Waals surface area contributed by atoms with Gasteiger partial charge in [0.2, 0.25) is 0 Å². The van der Waals surface area contributed by atoms with Crippen molar-refractivity contribution >= 4 is 34.7 Å². The van der Waals surface area contributed by atoms with E-state index in [1.54, 1.807) is 24.0 Å². The third-order valence-corrected chi connectivity index (χ3v) is 5.36. The van der Waals surface area contributed by atoms with Crippen molar-refractivity contribution in [3.05, 3.63) is 52.2 Å². The van der Waals surface area contributed by atoms with Crippen molar-refractivity contribution in [3.8, 4) is 0 Å². The molecule has 3 rings (SSSR count). The molecule has 0 bridgehead atoms. The summed E-state index contributed by atoms with van der Waals surface area (Å²) in [5, 5.41) is 1.82. The molecule has 136 valence electrons. The van der Waals surface area contributed by atoms with E-state index in [4.69, 9.17) is 4.74 Å². The number of rotatable bonds is 6. The van der Waals surface area contributed by atoms with Gasteiger partial charge in [-0.25, -0.2) is 0 Å². The second-order valence-electron chi connectivity index (χ2n) is 6.42. The molecule has 6 heteroatoms. The third kappa shape index (κ3) is 3.85. The van der Waals surface area contributed by atoms with Crippen molar-refractivity contribution in [1.29, 1.82) is 0 Å². The zero-order chi connectivity index (χ0) is 18.7. The highest BCUT2D eigenvalue weighted by Gasteiger charge is 2.34. The molecule has 1 aromatic carbocycles. The molecule has 0 unspecified atom stereocenters. The van der Waals surface area contributed by atoms with E-state index in [1.807, 2.05) is 36.6 Å². The van der Waals surface area contributed by atoms with Crippen LogP contribution < -0.4 is 4.90 Å². The van der Waals surface area contributed by atoms with Crippen LogP contribution in [0, 0.1) is 0 Å². The minimum absolute atomic E-state index is 0.0273. The van der Waals surface area contributed by atoms with Gasteiger partial charge in [0.1, 0.15) is 0 Å². The van der Waals surface area contributed by atoms with Gasteiger partial charge in [-0.15, -0.1) is 11.3 Å². The van der Waals surface area contributed by atoms with Gasteiger partial charge < -0.3 is 9.64 Å². The van der Waals surface area contributed by atoms with E-state index in [2.05, 4.69) is 0 Å². The summed E-state index contributed by atoms with van der Waals surface area (Å²) in [6.07, 6.45) is -0.0327. The van der Waals surface area contributed by atoms with E-state index in [-0.39, 0.29) is 30.6 Å². The monoisotopic (exact) mass is 371 g/mol. The first-order valence-electron chi connectivity index (χ1n) is 8.64. The topological polar surface area (TPSA) is 63.7 Å². The normalized spacial score (nSPS) is 16.8. The molecule has 5 nitrogen and oxygen atoms in total. The van der Waals surface area contributed by atoms with Gasteiger partial charge in [0, 0.05) is 18.2 Å². The summed E-state index contributed by atoms with van der Waals surface area (Å²) in [4.78, 5) is 39.1. The van der Waals surface area contributed by atoms with E-state index in [0.29, 0.717) is 4.88 Å². The van der Waals surface area contributed by atoms with Crippen molar-refractivity contribution in [3.63, 3.8) is 0 Å². The van der Waals surface area contributed by atoms with Gasteiger partial charge >= 0.3 is 5.97 Å². The number of carbonyl (C=O) groups is 3. The lowest BCUT2D eigenvalue weighted by Gasteiger charge is -2.25. The Balaban J connectivity index is 1.56. The first kappa shape index (κ1) is 18.3. The van der Waals surface area contributed by atoms with Crippen LogP contribution in [-0.4, -0.2) is 29.8 Å². The maximum Gasteiger partial charge on any atom is 0.307 e. The molecular formula is C20H21NO4S. The molecule has 0 saturated heterocycles. The number of esters is 1. The number of hydrogen-bond acceptors (Lipinski definition) is 5. The summed E-state index contributed by atoms with van der Waals surface area (Å²) in [5.41, 5.74) is 1.99. The van der Waals surface area contributed by atoms with Crippen LogP contribution in [0.25, 0.3) is 0 Å². The minimum atomic E-state index is -0.882. The predicted molar refractivity (Wildman–Crippen MR) is 101 cm³/mol. The fourth-order valence-electron chi connectivity index (χ4n) is 3.18. The van der Waals surface area contributed by atoms with E-state index >= 15 is 0 Å². The first-order chi connectivity index (χ1) is 12.5. The third-order valence-electron chi connectivity index (χ3n) is 4.45. The molecule has 2 atom stereocenters. The van der Waals surface area contributed by atoms with Gasteiger partial charge in [0.15, 0.2) is 11.9 Å². The van der Waals surface area contributed by atoms with E-state index in [9.17, 15) is 14.4 Å². The molecule has 0 spiro atoms. The lowest BCUT2D eigenvalue weighted by Crippen LogP contribution is -2.43. The van der Waals surface area contributed by atoms with Crippen molar-refractivity contribution in [2.45, 2.75) is 45.3 Å². The highest BCUT2D eigenvalue weighted by Crippen LogP contribution is 2.32. The molecule has 1 amide bonds. The number of thiophene rings is 1. The maximum absolute atomic E-state index is 12.8. The zero-order valence-electron chi connectivity index (χ0n) is 14.8. The average molecular weight is 371 g/mol. The second kappa shape index (κ2) is 7.83. The molecule has 0 saturated carbocycles. The summed E-state index contributed by atoms with van der Waals surface area (Å²) in [7, 11) is 0. The maximum atomic E-state index is 12.8. The van der Waals surface area contributed by atoms with E-state index in [0.717, 1.165) is 17.7 Å². The number of para-hydroxylation sites is 1. The zero-order valence-corrected chi connectivity index (χ0v) is 15.6. The van der Waals surface area contributed by atoms with Gasteiger partial charge in [-0.3, -0.25) is 14.4 Å². The van der Waals surface area contributed by atoms with Crippen LogP contribution in [0.3, 0.4) is 0 Å². The number of Topliss-reactive ketones (excluding diaryl/α,β-unsaturated/α-hetero) is 1. The Bertz CT molecular complexity index is 815. The predicted octanol–water partition coefficient (Wildman–Crippen LogP) is 3.62. The van der Waals surface area contributed by atoms with Gasteiger partial charge in [-0.1, -0.05) is 24.3 Å². The number of ketones is 1. The van der Waals surface area contributed by atoms with Crippen LogP contribution in [-0.2, 0) is 20.7 Å². The van der Waals surface area contributed by atoms with E-state index < -0.39 is 12.1 Å². The number of amides is 1. The Labute approximate surface area is 156 Å². The van der Waals surface area contributed by atoms with Crippen molar-refractivity contribution < 1.29 is 19.1 Å². The van der Waals surface area contributed by atoms with Gasteiger partial charge in [-0.2, -0.15) is 0 Å². The largest absolute Gasteiger partial charge is 0.453 e. The van der Waals surface area contributed by atoms with Crippen molar-refractivity contribution in [2.24, 2.45) is 0 Å². The molecule has 1 aliphatic heterocycles. The molecule has 26 heavy (non-hydrogen) atoms. The van der Waals surface area contributed by atoms with Crippen LogP contribution in [0.15, 0.2) is 41.8 Å². The summed E-state index contributed by atoms with van der Waals surface area (Å²) >= 11 is 1.35. The molecular weight excluding hydrogens is 350 g/mol. The molecule has 0 N–H and O–H groups in total. The smallest absolute Gasteiger partial charge is 0.307 e. The molecule has 0 aliphatic carbocycles. The Hall–Kier alpha value is -2.47. The Morgan fingerprint density at radius 2 is 1.96 bits per heavy atom. The van der Waals surface area contributed by atoms with Gasteiger partial charge in [0.05, 0.1) is 11.3 Å². The van der Waals surface area contributed by atoms with Crippen molar-refractivity contribution in [2.75, 3.05) is 4.90 Å². The molecule has 0 fully saturated rings. The molecule has 2 aromatic rings. The lowest BCUT2D eigenvalue weighted by atomic mass is 10.1. The molecule has 1 aromatic heterocycles. The summed E-state index contributed by atoms with van der Waals surface area (Å²) in [6, 6.07) is 11.3. The van der Waals surface area contributed by atoms with Gasteiger partial charge in [-0.05, 0) is 43.3 Å². The quantitative estimate of drug-likeness (QED) is 0.575. The SMILES string of the molecule is C[C@@H](OC(=O)CCC(=O)c1cccs1)C(=O)N1c2ccccc2C[C@@H]1C. The van der Waals surface area contributed by atoms with Crippen LogP contribution in [0.2, 0.25) is 0 Å². The number of fused-ring (bicyclic) bond motifs is 1. The molecule has 1 aliphatic rings. The van der Waals surface area contributed by atoms with Gasteiger partial charge in [0.25, 0.3) is 5.91 Å². The molecule has 0 radical (unpaired) electrons. The number of anilines is 1.